The molecule has 0 saturated carbocycles. The number of hydrogen-bond acceptors (Lipinski definition) is 2. The van der Waals surface area contributed by atoms with Gasteiger partial charge in [0, 0.05) is 18.7 Å². The number of nitrogens with one attached hydrogen (secondary N) is 1. The highest BCUT2D eigenvalue weighted by molar-refractivity contribution is 5.83. The predicted octanol–water partition coefficient (Wildman–Crippen LogP) is 2.58. The van der Waals surface area contributed by atoms with Crippen molar-refractivity contribution in [1.29, 1.82) is 0 Å². The lowest BCUT2D eigenvalue weighted by molar-refractivity contribution is 0.633. The van der Waals surface area contributed by atoms with Crippen LogP contribution in [0.3, 0.4) is 0 Å². The van der Waals surface area contributed by atoms with Crippen molar-refractivity contribution >= 4 is 10.9 Å². The highest BCUT2D eigenvalue weighted by Gasteiger charge is 2.21. The van der Waals surface area contributed by atoms with E-state index >= 15 is 0 Å². The molecule has 1 aromatic carbocycles. The molecule has 1 atom stereocenters. The molecule has 0 bridgehead atoms. The number of aromatic nitrogens is 1. The molecule has 2 heterocycles. The second-order valence-electron chi connectivity index (χ2n) is 5.63. The molecule has 0 radical (unpaired) electrons. The Bertz CT molecular complexity index is 694. The zero-order valence-corrected chi connectivity index (χ0v) is 11.8. The second kappa shape index (κ2) is 4.49. The summed E-state index contributed by atoms with van der Waals surface area (Å²) in [6.07, 6.45) is 2.21. The van der Waals surface area contributed by atoms with E-state index in [1.54, 1.807) is 4.57 Å². The quantitative estimate of drug-likeness (QED) is 0.851. The molecule has 1 aliphatic heterocycles. The van der Waals surface area contributed by atoms with Crippen LogP contribution in [0.15, 0.2) is 23.0 Å². The Morgan fingerprint density at radius 1 is 1.26 bits per heavy atom. The van der Waals surface area contributed by atoms with Crippen LogP contribution in [0.2, 0.25) is 0 Å². The molecule has 1 N–H and O–H groups in total. The first-order valence-corrected chi connectivity index (χ1v) is 6.92. The summed E-state index contributed by atoms with van der Waals surface area (Å²) in [6.45, 7) is 5.19. The number of aryl methyl sites for hydroxylation is 3. The van der Waals surface area contributed by atoms with Gasteiger partial charge in [0.25, 0.3) is 5.56 Å². The predicted molar refractivity (Wildman–Crippen MR) is 78.6 cm³/mol. The molecule has 3 rings (SSSR count). The topological polar surface area (TPSA) is 34.0 Å². The van der Waals surface area contributed by atoms with Gasteiger partial charge in [-0.1, -0.05) is 11.6 Å². The minimum atomic E-state index is 0.138. The third-order valence-corrected chi connectivity index (χ3v) is 4.11. The molecule has 1 aliphatic rings. The third-order valence-electron chi connectivity index (χ3n) is 4.11. The maximum atomic E-state index is 12.5. The number of nitrogens with zero attached hydrogens (tertiary/aromatic N) is 1. The normalized spacial score (nSPS) is 19.2. The summed E-state index contributed by atoms with van der Waals surface area (Å²) in [7, 11) is 1.88. The van der Waals surface area contributed by atoms with Gasteiger partial charge in [-0.3, -0.25) is 4.79 Å². The Morgan fingerprint density at radius 3 is 2.74 bits per heavy atom. The van der Waals surface area contributed by atoms with Crippen LogP contribution in [-0.4, -0.2) is 11.1 Å². The summed E-state index contributed by atoms with van der Waals surface area (Å²) in [5.74, 6) is 0. The van der Waals surface area contributed by atoms with E-state index in [9.17, 15) is 4.79 Å². The summed E-state index contributed by atoms with van der Waals surface area (Å²) in [4.78, 5) is 12.5. The zero-order chi connectivity index (χ0) is 13.6. The summed E-state index contributed by atoms with van der Waals surface area (Å²) in [5, 5.41) is 4.59. The van der Waals surface area contributed by atoms with Gasteiger partial charge in [-0.2, -0.15) is 0 Å². The number of benzene rings is 1. The van der Waals surface area contributed by atoms with Crippen molar-refractivity contribution in [3.8, 4) is 0 Å². The largest absolute Gasteiger partial charge is 0.311 e. The molecule has 19 heavy (non-hydrogen) atoms. The van der Waals surface area contributed by atoms with Crippen molar-refractivity contribution in [2.75, 3.05) is 6.54 Å². The van der Waals surface area contributed by atoms with Gasteiger partial charge in [0.2, 0.25) is 0 Å². The van der Waals surface area contributed by atoms with Gasteiger partial charge in [0.1, 0.15) is 0 Å². The monoisotopic (exact) mass is 256 g/mol. The molecule has 1 unspecified atom stereocenters. The third kappa shape index (κ3) is 1.98. The second-order valence-corrected chi connectivity index (χ2v) is 5.63. The molecule has 1 saturated heterocycles. The van der Waals surface area contributed by atoms with Gasteiger partial charge in [0.05, 0.1) is 5.52 Å². The highest BCUT2D eigenvalue weighted by Crippen LogP contribution is 2.25. The van der Waals surface area contributed by atoms with Crippen LogP contribution in [0.4, 0.5) is 0 Å². The van der Waals surface area contributed by atoms with Crippen LogP contribution in [-0.2, 0) is 7.05 Å². The van der Waals surface area contributed by atoms with Crippen LogP contribution in [0.5, 0.6) is 0 Å². The van der Waals surface area contributed by atoms with Gasteiger partial charge >= 0.3 is 0 Å². The summed E-state index contributed by atoms with van der Waals surface area (Å²) in [6, 6.07) is 6.61. The first-order chi connectivity index (χ1) is 9.08. The van der Waals surface area contributed by atoms with E-state index in [2.05, 4.69) is 37.4 Å². The molecule has 0 aliphatic carbocycles. The highest BCUT2D eigenvalue weighted by atomic mass is 16.1. The number of pyridine rings is 1. The van der Waals surface area contributed by atoms with Crippen molar-refractivity contribution in [3.05, 3.63) is 45.2 Å². The van der Waals surface area contributed by atoms with Crippen LogP contribution < -0.4 is 10.9 Å². The first kappa shape index (κ1) is 12.4. The molecule has 1 aromatic heterocycles. The van der Waals surface area contributed by atoms with Gasteiger partial charge < -0.3 is 9.88 Å². The molecule has 100 valence electrons. The van der Waals surface area contributed by atoms with Gasteiger partial charge in [0.15, 0.2) is 0 Å². The standard InChI is InChI=1S/C16H20N2O/c1-10-7-11(2)15-12(8-10)9-13(16(19)18(15)3)14-5-4-6-17-14/h7-9,14,17H,4-6H2,1-3H3. The van der Waals surface area contributed by atoms with Crippen molar-refractivity contribution < 1.29 is 0 Å². The Labute approximate surface area is 113 Å². The summed E-state index contributed by atoms with van der Waals surface area (Å²) in [5.41, 5.74) is 4.52. The van der Waals surface area contributed by atoms with Crippen molar-refractivity contribution in [3.63, 3.8) is 0 Å². The van der Waals surface area contributed by atoms with Crippen molar-refractivity contribution in [1.82, 2.24) is 9.88 Å². The van der Waals surface area contributed by atoms with Crippen LogP contribution in [0.1, 0.15) is 35.6 Å². The summed E-state index contributed by atoms with van der Waals surface area (Å²) < 4.78 is 1.80. The fraction of sp³-hybridized carbons (Fsp3) is 0.438. The Morgan fingerprint density at radius 2 is 2.05 bits per heavy atom. The van der Waals surface area contributed by atoms with E-state index in [4.69, 9.17) is 0 Å². The van der Waals surface area contributed by atoms with E-state index < -0.39 is 0 Å². The molecule has 3 nitrogen and oxygen atoms in total. The average molecular weight is 256 g/mol. The maximum Gasteiger partial charge on any atom is 0.255 e. The lowest BCUT2D eigenvalue weighted by Crippen LogP contribution is -2.27. The van der Waals surface area contributed by atoms with Crippen LogP contribution in [0, 0.1) is 13.8 Å². The van der Waals surface area contributed by atoms with Crippen LogP contribution in [0.25, 0.3) is 10.9 Å². The SMILES string of the molecule is Cc1cc(C)c2c(c1)cc(C1CCCN1)c(=O)n2C. The molecule has 0 amide bonds. The lowest BCUT2D eigenvalue weighted by atomic mass is 10.0. The van der Waals surface area contributed by atoms with Crippen LogP contribution >= 0.6 is 0 Å². The Kier molecular flexibility index (Phi) is 2.94. The molecule has 1 fully saturated rings. The zero-order valence-electron chi connectivity index (χ0n) is 11.8. The number of rotatable bonds is 1. The Balaban J connectivity index is 2.31. The maximum absolute atomic E-state index is 12.5. The van der Waals surface area contributed by atoms with Crippen molar-refractivity contribution in [2.45, 2.75) is 32.7 Å². The fourth-order valence-corrected chi connectivity index (χ4v) is 3.29. The lowest BCUT2D eigenvalue weighted by Gasteiger charge is -2.15. The van der Waals surface area contributed by atoms with Gasteiger partial charge in [-0.05, 0) is 56.3 Å². The number of fused-ring (bicyclic) bond motifs is 1. The molecule has 3 heteroatoms. The van der Waals surface area contributed by atoms with Gasteiger partial charge in [-0.25, -0.2) is 0 Å². The van der Waals surface area contributed by atoms with E-state index in [0.29, 0.717) is 0 Å². The molecule has 0 spiro atoms. The van der Waals surface area contributed by atoms with Gasteiger partial charge in [-0.15, -0.1) is 0 Å². The minimum absolute atomic E-state index is 0.138. The van der Waals surface area contributed by atoms with E-state index in [1.807, 2.05) is 7.05 Å². The number of hydrogen-bond donors (Lipinski definition) is 1. The average Bonchev–Trinajstić information content (AvgIpc) is 2.86. The van der Waals surface area contributed by atoms with E-state index in [-0.39, 0.29) is 11.6 Å². The van der Waals surface area contributed by atoms with E-state index in [0.717, 1.165) is 30.5 Å². The summed E-state index contributed by atoms with van der Waals surface area (Å²) >= 11 is 0. The molecular formula is C16H20N2O. The fourth-order valence-electron chi connectivity index (χ4n) is 3.29. The molecular weight excluding hydrogens is 236 g/mol. The Hall–Kier alpha value is -1.61. The first-order valence-electron chi connectivity index (χ1n) is 6.92. The van der Waals surface area contributed by atoms with Crippen molar-refractivity contribution in [2.24, 2.45) is 7.05 Å². The molecule has 2 aromatic rings. The van der Waals surface area contributed by atoms with E-state index in [1.165, 1.54) is 16.5 Å². The minimum Gasteiger partial charge on any atom is -0.311 e. The smallest absolute Gasteiger partial charge is 0.255 e.